The topological polar surface area (TPSA) is 170 Å². The Hall–Kier alpha value is -3.21. The molecule has 0 aliphatic rings. The Balaban J connectivity index is 2.30. The van der Waals surface area contributed by atoms with Crippen LogP contribution >= 0.6 is 0 Å². The Morgan fingerprint density at radius 1 is 1.21 bits per heavy atom. The third kappa shape index (κ3) is 6.14. The second-order valence-electron chi connectivity index (χ2n) is 6.83. The Labute approximate surface area is 169 Å². The van der Waals surface area contributed by atoms with Crippen LogP contribution in [0.15, 0.2) is 35.4 Å². The third-order valence-electron chi connectivity index (χ3n) is 4.15. The minimum Gasteiger partial charge on any atom is -0.369 e. The number of nitrogens with zero attached hydrogens (tertiary/aromatic N) is 2. The maximum absolute atomic E-state index is 11.8. The minimum absolute atomic E-state index is 0.0402. The van der Waals surface area contributed by atoms with Gasteiger partial charge in [0.1, 0.15) is 11.4 Å². The summed E-state index contributed by atoms with van der Waals surface area (Å²) in [6, 6.07) is 5.91. The molecule has 1 aromatic heterocycles. The molecule has 11 heteroatoms. The van der Waals surface area contributed by atoms with Gasteiger partial charge in [-0.25, -0.2) is 13.4 Å². The van der Waals surface area contributed by atoms with Crippen LogP contribution in [-0.2, 0) is 14.6 Å². The number of rotatable bonds is 9. The number of carbonyl (C=O) groups excluding carboxylic acids is 2. The lowest BCUT2D eigenvalue weighted by Gasteiger charge is -2.17. The molecule has 29 heavy (non-hydrogen) atoms. The van der Waals surface area contributed by atoms with Crippen LogP contribution in [0.1, 0.15) is 30.6 Å². The first kappa shape index (κ1) is 22.1. The van der Waals surface area contributed by atoms with E-state index in [0.717, 1.165) is 6.26 Å². The second-order valence-corrected chi connectivity index (χ2v) is 8.85. The summed E-state index contributed by atoms with van der Waals surface area (Å²) in [6.45, 7) is 3.56. The maximum atomic E-state index is 11.8. The zero-order chi connectivity index (χ0) is 21.8. The summed E-state index contributed by atoms with van der Waals surface area (Å²) in [7, 11) is -3.40. The van der Waals surface area contributed by atoms with Crippen molar-refractivity contribution in [1.29, 1.82) is 0 Å². The van der Waals surface area contributed by atoms with Crippen LogP contribution in [0.3, 0.4) is 0 Å². The number of hydrogen-bond acceptors (Lipinski definition) is 8. The molecule has 6 N–H and O–H groups in total. The maximum Gasteiger partial charge on any atom is 0.254 e. The zero-order valence-electron chi connectivity index (χ0n) is 16.3. The molecule has 2 aromatic rings. The number of nitrogens with two attached hydrogens (primary N) is 2. The van der Waals surface area contributed by atoms with Crippen molar-refractivity contribution in [3.63, 3.8) is 0 Å². The Kier molecular flexibility index (Phi) is 6.75. The predicted molar refractivity (Wildman–Crippen MR) is 109 cm³/mol. The first-order valence-electron chi connectivity index (χ1n) is 8.77. The van der Waals surface area contributed by atoms with Gasteiger partial charge in [0.15, 0.2) is 9.84 Å². The number of hydrogen-bond donors (Lipinski definition) is 4. The van der Waals surface area contributed by atoms with E-state index in [0.29, 0.717) is 12.1 Å². The van der Waals surface area contributed by atoms with E-state index in [1.165, 1.54) is 18.3 Å². The Morgan fingerprint density at radius 2 is 1.90 bits per heavy atom. The average Bonchev–Trinajstić information content (AvgIpc) is 2.61. The van der Waals surface area contributed by atoms with E-state index in [4.69, 9.17) is 11.5 Å². The largest absolute Gasteiger partial charge is 0.369 e. The number of primary amides is 2. The number of aromatic nitrogens is 2. The van der Waals surface area contributed by atoms with Crippen molar-refractivity contribution in [1.82, 2.24) is 9.97 Å². The van der Waals surface area contributed by atoms with Gasteiger partial charge in [-0.15, -0.1) is 0 Å². The molecular weight excluding hydrogens is 396 g/mol. The number of benzene rings is 1. The number of anilines is 3. The van der Waals surface area contributed by atoms with Crippen molar-refractivity contribution >= 4 is 39.1 Å². The third-order valence-corrected chi connectivity index (χ3v) is 5.26. The van der Waals surface area contributed by atoms with E-state index < -0.39 is 21.7 Å². The molecule has 0 aliphatic carbocycles. The van der Waals surface area contributed by atoms with Gasteiger partial charge in [0.25, 0.3) is 5.91 Å². The van der Waals surface area contributed by atoms with Gasteiger partial charge in [-0.2, -0.15) is 4.98 Å². The van der Waals surface area contributed by atoms with Gasteiger partial charge >= 0.3 is 0 Å². The number of sulfone groups is 1. The SMILES string of the molecule is CC(CC(C)C(N)=O)Nc1ncc(C(N)=O)c(Nc2cccc(S(C)(=O)=O)c2)n1. The van der Waals surface area contributed by atoms with Gasteiger partial charge in [0, 0.05) is 30.1 Å². The van der Waals surface area contributed by atoms with Crippen LogP contribution < -0.4 is 22.1 Å². The van der Waals surface area contributed by atoms with Crippen LogP contribution in [0.4, 0.5) is 17.5 Å². The first-order chi connectivity index (χ1) is 13.5. The highest BCUT2D eigenvalue weighted by molar-refractivity contribution is 7.90. The summed E-state index contributed by atoms with van der Waals surface area (Å²) in [4.78, 5) is 31.4. The van der Waals surface area contributed by atoms with E-state index >= 15 is 0 Å². The lowest BCUT2D eigenvalue weighted by atomic mass is 10.0. The lowest BCUT2D eigenvalue weighted by Crippen LogP contribution is -2.28. The summed E-state index contributed by atoms with van der Waals surface area (Å²) >= 11 is 0. The molecule has 0 saturated heterocycles. The molecule has 1 heterocycles. The summed E-state index contributed by atoms with van der Waals surface area (Å²) in [5.41, 5.74) is 11.1. The fourth-order valence-electron chi connectivity index (χ4n) is 2.59. The fraction of sp³-hybridized carbons (Fsp3) is 0.333. The number of nitrogens with one attached hydrogen (secondary N) is 2. The van der Waals surface area contributed by atoms with E-state index in [1.807, 2.05) is 6.92 Å². The van der Waals surface area contributed by atoms with Gasteiger partial charge in [-0.3, -0.25) is 9.59 Å². The molecule has 0 saturated carbocycles. The Morgan fingerprint density at radius 3 is 2.48 bits per heavy atom. The number of amides is 2. The second kappa shape index (κ2) is 8.86. The van der Waals surface area contributed by atoms with E-state index in [9.17, 15) is 18.0 Å². The molecule has 0 radical (unpaired) electrons. The summed E-state index contributed by atoms with van der Waals surface area (Å²) in [5.74, 6) is -1.15. The van der Waals surface area contributed by atoms with Crippen molar-refractivity contribution in [3.8, 4) is 0 Å². The van der Waals surface area contributed by atoms with Crippen LogP contribution in [0.5, 0.6) is 0 Å². The average molecular weight is 420 g/mol. The van der Waals surface area contributed by atoms with Crippen molar-refractivity contribution in [2.75, 3.05) is 16.9 Å². The van der Waals surface area contributed by atoms with Crippen molar-refractivity contribution < 1.29 is 18.0 Å². The molecule has 10 nitrogen and oxygen atoms in total. The standard InChI is InChI=1S/C18H24N6O4S/c1-10(15(19)25)7-11(2)22-18-21-9-14(16(20)26)17(24-18)23-12-5-4-6-13(8-12)29(3,27)28/h4-6,8-11H,7H2,1-3H3,(H2,19,25)(H2,20,26)(H2,21,22,23,24). The highest BCUT2D eigenvalue weighted by Gasteiger charge is 2.17. The minimum atomic E-state index is -3.40. The molecule has 2 rings (SSSR count). The summed E-state index contributed by atoms with van der Waals surface area (Å²) in [6.07, 6.45) is 2.84. The predicted octanol–water partition coefficient (Wildman–Crippen LogP) is 1.03. The van der Waals surface area contributed by atoms with Crippen molar-refractivity contribution in [2.45, 2.75) is 31.2 Å². The van der Waals surface area contributed by atoms with E-state index in [1.54, 1.807) is 19.1 Å². The zero-order valence-corrected chi connectivity index (χ0v) is 17.2. The normalized spacial score (nSPS) is 13.3. The smallest absolute Gasteiger partial charge is 0.254 e. The molecule has 2 unspecified atom stereocenters. The van der Waals surface area contributed by atoms with Crippen molar-refractivity contribution in [2.24, 2.45) is 17.4 Å². The molecule has 2 atom stereocenters. The monoisotopic (exact) mass is 420 g/mol. The quantitative estimate of drug-likeness (QED) is 0.466. The molecule has 1 aromatic carbocycles. The Bertz CT molecular complexity index is 1020. The lowest BCUT2D eigenvalue weighted by molar-refractivity contribution is -0.121. The van der Waals surface area contributed by atoms with Gasteiger partial charge in [-0.05, 0) is 31.5 Å². The molecule has 0 aliphatic heterocycles. The van der Waals surface area contributed by atoms with Gasteiger partial charge in [-0.1, -0.05) is 13.0 Å². The van der Waals surface area contributed by atoms with Gasteiger partial charge in [0.2, 0.25) is 11.9 Å². The van der Waals surface area contributed by atoms with Crippen LogP contribution in [0, 0.1) is 5.92 Å². The first-order valence-corrected chi connectivity index (χ1v) is 10.7. The molecule has 156 valence electrons. The molecule has 0 bridgehead atoms. The van der Waals surface area contributed by atoms with Gasteiger partial charge < -0.3 is 22.1 Å². The van der Waals surface area contributed by atoms with E-state index in [2.05, 4.69) is 20.6 Å². The summed E-state index contributed by atoms with van der Waals surface area (Å²) < 4.78 is 23.5. The molecular formula is C18H24N6O4S. The molecule has 2 amide bonds. The highest BCUT2D eigenvalue weighted by atomic mass is 32.2. The highest BCUT2D eigenvalue weighted by Crippen LogP contribution is 2.22. The van der Waals surface area contributed by atoms with E-state index in [-0.39, 0.29) is 34.2 Å². The summed E-state index contributed by atoms with van der Waals surface area (Å²) in [5, 5.41) is 5.95. The molecule has 0 spiro atoms. The van der Waals surface area contributed by atoms with Crippen LogP contribution in [-0.4, -0.2) is 42.5 Å². The fourth-order valence-corrected chi connectivity index (χ4v) is 3.26. The molecule has 0 fully saturated rings. The van der Waals surface area contributed by atoms with Crippen molar-refractivity contribution in [3.05, 3.63) is 36.0 Å². The van der Waals surface area contributed by atoms with Gasteiger partial charge in [0.05, 0.1) is 4.90 Å². The number of carbonyl (C=O) groups is 2. The van der Waals surface area contributed by atoms with Crippen LogP contribution in [0.25, 0.3) is 0 Å². The van der Waals surface area contributed by atoms with Crippen LogP contribution in [0.2, 0.25) is 0 Å².